The topological polar surface area (TPSA) is 107 Å². The molecular formula is C14H14O6. The molecule has 0 aliphatic heterocycles. The van der Waals surface area contributed by atoms with E-state index in [0.717, 1.165) is 6.07 Å². The van der Waals surface area contributed by atoms with Gasteiger partial charge in [0.05, 0.1) is 7.11 Å². The summed E-state index contributed by atoms with van der Waals surface area (Å²) in [5.41, 5.74) is 0.270. The molecule has 0 saturated heterocycles. The van der Waals surface area contributed by atoms with Crippen LogP contribution in [0, 0.1) is 0 Å². The second-order valence-corrected chi connectivity index (χ2v) is 4.34. The monoisotopic (exact) mass is 278 g/mol. The van der Waals surface area contributed by atoms with Crippen molar-refractivity contribution in [3.8, 4) is 17.2 Å². The van der Waals surface area contributed by atoms with Crippen LogP contribution in [0.3, 0.4) is 0 Å². The van der Waals surface area contributed by atoms with Crippen molar-refractivity contribution in [1.29, 1.82) is 0 Å². The lowest BCUT2D eigenvalue weighted by Gasteiger charge is -2.16. The Balaban J connectivity index is 2.38. The molecule has 1 unspecified atom stereocenters. The number of allylic oxidation sites excluding steroid dienone is 2. The molecule has 0 fully saturated rings. The van der Waals surface area contributed by atoms with Crippen molar-refractivity contribution in [2.24, 2.45) is 0 Å². The molecule has 0 heterocycles. The van der Waals surface area contributed by atoms with E-state index in [-0.39, 0.29) is 16.9 Å². The number of Topliss-reactive ketones (excluding diaryl/α,β-unsaturated/α-hetero) is 1. The zero-order valence-electron chi connectivity index (χ0n) is 10.6. The molecular weight excluding hydrogens is 264 g/mol. The van der Waals surface area contributed by atoms with Gasteiger partial charge in [-0.1, -0.05) is 12.2 Å². The molecule has 0 spiro atoms. The molecule has 0 radical (unpaired) electrons. The van der Waals surface area contributed by atoms with Crippen molar-refractivity contribution in [2.75, 3.05) is 7.11 Å². The van der Waals surface area contributed by atoms with E-state index in [2.05, 4.69) is 0 Å². The molecule has 6 heteroatoms. The summed E-state index contributed by atoms with van der Waals surface area (Å²) in [6.07, 6.45) is 1.70. The fourth-order valence-corrected chi connectivity index (χ4v) is 1.85. The zero-order valence-corrected chi connectivity index (χ0v) is 10.6. The number of methoxy groups -OCH3 is 1. The molecule has 6 nitrogen and oxygen atoms in total. The Morgan fingerprint density at radius 2 is 1.90 bits per heavy atom. The van der Waals surface area contributed by atoms with Crippen LogP contribution in [-0.4, -0.2) is 45.5 Å². The van der Waals surface area contributed by atoms with Gasteiger partial charge in [-0.05, 0) is 18.2 Å². The number of aliphatic hydroxyl groups excluding tert-OH is 2. The second-order valence-electron chi connectivity index (χ2n) is 4.34. The van der Waals surface area contributed by atoms with Gasteiger partial charge in [0.25, 0.3) is 0 Å². The van der Waals surface area contributed by atoms with Crippen molar-refractivity contribution < 1.29 is 30.0 Å². The van der Waals surface area contributed by atoms with Crippen LogP contribution in [0.1, 0.15) is 10.4 Å². The molecule has 106 valence electrons. The van der Waals surface area contributed by atoms with Crippen molar-refractivity contribution in [1.82, 2.24) is 0 Å². The Labute approximate surface area is 114 Å². The summed E-state index contributed by atoms with van der Waals surface area (Å²) < 4.78 is 4.85. The molecule has 2 atom stereocenters. The van der Waals surface area contributed by atoms with E-state index >= 15 is 0 Å². The predicted octanol–water partition coefficient (Wildman–Crippen LogP) is 0.507. The van der Waals surface area contributed by atoms with E-state index in [9.17, 15) is 25.2 Å². The summed E-state index contributed by atoms with van der Waals surface area (Å²) in [7, 11) is 1.29. The maximum absolute atomic E-state index is 12.2. The number of benzene rings is 1. The number of carbonyl (C=O) groups is 1. The van der Waals surface area contributed by atoms with Crippen LogP contribution in [0.5, 0.6) is 17.2 Å². The van der Waals surface area contributed by atoms with Crippen LogP contribution in [-0.2, 0) is 0 Å². The molecule has 1 aliphatic rings. The quantitative estimate of drug-likeness (QED) is 0.474. The highest BCUT2D eigenvalue weighted by atomic mass is 16.5. The number of phenolic OH excluding ortho intramolecular Hbond substituents is 2. The third-order valence-electron chi connectivity index (χ3n) is 2.97. The molecule has 2 rings (SSSR count). The molecule has 0 saturated carbocycles. The van der Waals surface area contributed by atoms with Gasteiger partial charge in [-0.2, -0.15) is 0 Å². The molecule has 4 N–H and O–H groups in total. The van der Waals surface area contributed by atoms with E-state index < -0.39 is 29.5 Å². The van der Waals surface area contributed by atoms with Crippen LogP contribution in [0.25, 0.3) is 0 Å². The summed E-state index contributed by atoms with van der Waals surface area (Å²) in [4.78, 5) is 12.2. The van der Waals surface area contributed by atoms with Crippen molar-refractivity contribution in [2.45, 2.75) is 12.2 Å². The average molecular weight is 278 g/mol. The molecule has 0 bridgehead atoms. The minimum absolute atomic E-state index is 0.0330. The lowest BCUT2D eigenvalue weighted by Crippen LogP contribution is -2.25. The summed E-state index contributed by atoms with van der Waals surface area (Å²) in [6.45, 7) is 0. The minimum Gasteiger partial charge on any atom is -0.504 e. The fraction of sp³-hybridized carbons (Fsp3) is 0.214. The van der Waals surface area contributed by atoms with Gasteiger partial charge >= 0.3 is 0 Å². The molecule has 0 amide bonds. The van der Waals surface area contributed by atoms with Gasteiger partial charge in [-0.3, -0.25) is 4.79 Å². The van der Waals surface area contributed by atoms with Gasteiger partial charge in [0.1, 0.15) is 12.2 Å². The van der Waals surface area contributed by atoms with E-state index in [1.165, 1.54) is 31.4 Å². The number of ketones is 1. The number of rotatable bonds is 3. The van der Waals surface area contributed by atoms with E-state index in [0.29, 0.717) is 0 Å². The lowest BCUT2D eigenvalue weighted by molar-refractivity contribution is 0.0776. The Morgan fingerprint density at radius 1 is 1.20 bits per heavy atom. The Kier molecular flexibility index (Phi) is 3.78. The van der Waals surface area contributed by atoms with Crippen molar-refractivity contribution in [3.05, 3.63) is 41.5 Å². The standard InChI is InChI=1S/C14H14O6/c1-20-12-6-8(5-11(17)14(12)19)13(18)7-2-3-9(15)10(16)4-7/h2-6,9-10,15-17,19H,1H3/t9?,10-/m1/s1. The summed E-state index contributed by atoms with van der Waals surface area (Å²) in [5.74, 6) is -1.43. The number of aliphatic hydroxyl groups is 2. The highest BCUT2D eigenvalue weighted by molar-refractivity contribution is 6.11. The van der Waals surface area contributed by atoms with Gasteiger partial charge in [0.15, 0.2) is 17.3 Å². The molecule has 1 aromatic carbocycles. The number of phenols is 2. The maximum atomic E-state index is 12.2. The highest BCUT2D eigenvalue weighted by Crippen LogP contribution is 2.37. The number of hydrogen-bond acceptors (Lipinski definition) is 6. The Bertz CT molecular complexity index is 602. The van der Waals surface area contributed by atoms with Gasteiger partial charge in [0.2, 0.25) is 5.75 Å². The maximum Gasteiger partial charge on any atom is 0.200 e. The van der Waals surface area contributed by atoms with E-state index in [1.54, 1.807) is 0 Å². The number of carbonyl (C=O) groups excluding carboxylic acids is 1. The average Bonchev–Trinajstić information content (AvgIpc) is 2.44. The van der Waals surface area contributed by atoms with Crippen LogP contribution < -0.4 is 4.74 Å². The summed E-state index contributed by atoms with van der Waals surface area (Å²) in [6, 6.07) is 2.38. The second kappa shape index (κ2) is 5.36. The molecule has 20 heavy (non-hydrogen) atoms. The van der Waals surface area contributed by atoms with Crippen LogP contribution in [0.15, 0.2) is 35.9 Å². The van der Waals surface area contributed by atoms with Gasteiger partial charge in [-0.15, -0.1) is 0 Å². The normalized spacial score (nSPS) is 21.4. The molecule has 0 aromatic heterocycles. The Morgan fingerprint density at radius 3 is 2.50 bits per heavy atom. The van der Waals surface area contributed by atoms with Gasteiger partial charge in [-0.25, -0.2) is 0 Å². The number of hydrogen-bond donors (Lipinski definition) is 4. The first kappa shape index (κ1) is 14.1. The van der Waals surface area contributed by atoms with E-state index in [1.807, 2.05) is 0 Å². The minimum atomic E-state index is -1.16. The fourth-order valence-electron chi connectivity index (χ4n) is 1.85. The van der Waals surface area contributed by atoms with Crippen LogP contribution >= 0.6 is 0 Å². The van der Waals surface area contributed by atoms with Crippen LogP contribution in [0.4, 0.5) is 0 Å². The first-order valence-corrected chi connectivity index (χ1v) is 5.85. The third kappa shape index (κ3) is 2.52. The predicted molar refractivity (Wildman–Crippen MR) is 69.9 cm³/mol. The Hall–Kier alpha value is -2.31. The first-order valence-electron chi connectivity index (χ1n) is 5.85. The summed E-state index contributed by atoms with van der Waals surface area (Å²) in [5, 5.41) is 37.9. The zero-order chi connectivity index (χ0) is 14.9. The van der Waals surface area contributed by atoms with Gasteiger partial charge < -0.3 is 25.2 Å². The van der Waals surface area contributed by atoms with Crippen molar-refractivity contribution in [3.63, 3.8) is 0 Å². The highest BCUT2D eigenvalue weighted by Gasteiger charge is 2.22. The molecule has 1 aliphatic carbocycles. The smallest absolute Gasteiger partial charge is 0.200 e. The van der Waals surface area contributed by atoms with Gasteiger partial charge in [0, 0.05) is 11.1 Å². The number of aromatic hydroxyl groups is 2. The first-order chi connectivity index (χ1) is 9.43. The third-order valence-corrected chi connectivity index (χ3v) is 2.97. The molecule has 1 aromatic rings. The lowest BCUT2D eigenvalue weighted by atomic mass is 9.95. The largest absolute Gasteiger partial charge is 0.504 e. The van der Waals surface area contributed by atoms with E-state index in [4.69, 9.17) is 4.74 Å². The van der Waals surface area contributed by atoms with Crippen molar-refractivity contribution >= 4 is 5.78 Å². The SMILES string of the molecule is COc1cc(C(=O)C2=C[C@@H](O)C(O)C=C2)cc(O)c1O. The van der Waals surface area contributed by atoms with Crippen LogP contribution in [0.2, 0.25) is 0 Å². The summed E-state index contributed by atoms with van der Waals surface area (Å²) >= 11 is 0. The number of ether oxygens (including phenoxy) is 1.